The Kier molecular flexibility index (Phi) is 8.52. The van der Waals surface area contributed by atoms with Crippen LogP contribution in [-0.4, -0.2) is 25.4 Å². The number of anilines is 1. The molecule has 2 aromatic carbocycles. The first kappa shape index (κ1) is 22.8. The van der Waals surface area contributed by atoms with Crippen molar-refractivity contribution in [1.82, 2.24) is 0 Å². The number of benzene rings is 2. The van der Waals surface area contributed by atoms with Crippen molar-refractivity contribution >= 4 is 29.0 Å². The summed E-state index contributed by atoms with van der Waals surface area (Å²) in [6.07, 6.45) is 2.44. The molecule has 1 N–H and O–H groups in total. The van der Waals surface area contributed by atoms with Crippen LogP contribution in [0.25, 0.3) is 0 Å². The highest BCUT2D eigenvalue weighted by atomic mass is 35.5. The van der Waals surface area contributed by atoms with Crippen molar-refractivity contribution in [2.75, 3.05) is 19.0 Å². The number of ether oxygens (including phenoxy) is 2. The topological polar surface area (TPSA) is 64.6 Å². The summed E-state index contributed by atoms with van der Waals surface area (Å²) >= 11 is 6.29. The molecule has 0 bridgehead atoms. The molecule has 0 atom stereocenters. The first-order valence-electron chi connectivity index (χ1n) is 9.83. The molecule has 0 saturated carbocycles. The van der Waals surface area contributed by atoms with Crippen molar-refractivity contribution in [2.24, 2.45) is 0 Å². The summed E-state index contributed by atoms with van der Waals surface area (Å²) in [5.74, 6) is 0.945. The number of methoxy groups -OCH3 is 1. The van der Waals surface area contributed by atoms with Crippen molar-refractivity contribution in [2.45, 2.75) is 46.5 Å². The number of carbonyl (C=O) groups excluding carboxylic acids is 2. The van der Waals surface area contributed by atoms with E-state index in [9.17, 15) is 9.59 Å². The molecule has 0 unspecified atom stereocenters. The molecule has 0 aliphatic carbocycles. The van der Waals surface area contributed by atoms with Gasteiger partial charge in [0.25, 0.3) is 0 Å². The Hall–Kier alpha value is -2.53. The van der Waals surface area contributed by atoms with Gasteiger partial charge in [-0.25, -0.2) is 0 Å². The SMILES string of the molecule is CCc1ccc(Cl)c(CC)c1NC(=O)CCCOc1ccc(C(C)=O)cc1OC. The fourth-order valence-electron chi connectivity index (χ4n) is 3.09. The number of ketones is 1. The van der Waals surface area contributed by atoms with Crippen LogP contribution < -0.4 is 14.8 Å². The Bertz CT molecular complexity index is 879. The first-order valence-corrected chi connectivity index (χ1v) is 10.2. The molecule has 2 rings (SSSR count). The molecule has 1 amide bonds. The molecule has 0 fully saturated rings. The summed E-state index contributed by atoms with van der Waals surface area (Å²) < 4.78 is 11.0. The van der Waals surface area contributed by atoms with Crippen LogP contribution in [0, 0.1) is 0 Å². The smallest absolute Gasteiger partial charge is 0.224 e. The van der Waals surface area contributed by atoms with Crippen LogP contribution in [0.3, 0.4) is 0 Å². The highest BCUT2D eigenvalue weighted by Crippen LogP contribution is 2.30. The van der Waals surface area contributed by atoms with Gasteiger partial charge in [0.1, 0.15) is 0 Å². The van der Waals surface area contributed by atoms with Gasteiger partial charge in [-0.15, -0.1) is 0 Å². The van der Waals surface area contributed by atoms with Crippen LogP contribution >= 0.6 is 11.6 Å². The van der Waals surface area contributed by atoms with Gasteiger partial charge in [-0.3, -0.25) is 9.59 Å². The second-order valence-corrected chi connectivity index (χ2v) is 7.10. The second-order valence-electron chi connectivity index (χ2n) is 6.69. The van der Waals surface area contributed by atoms with E-state index in [4.69, 9.17) is 21.1 Å². The fraction of sp³-hybridized carbons (Fsp3) is 0.391. The van der Waals surface area contributed by atoms with Crippen molar-refractivity contribution < 1.29 is 19.1 Å². The Morgan fingerprint density at radius 1 is 1.07 bits per heavy atom. The molecule has 0 aromatic heterocycles. The summed E-state index contributed by atoms with van der Waals surface area (Å²) in [6.45, 7) is 5.94. The first-order chi connectivity index (χ1) is 13.9. The van der Waals surface area contributed by atoms with E-state index in [1.54, 1.807) is 18.2 Å². The monoisotopic (exact) mass is 417 g/mol. The van der Waals surface area contributed by atoms with Crippen LogP contribution in [-0.2, 0) is 17.6 Å². The number of aryl methyl sites for hydroxylation is 1. The minimum Gasteiger partial charge on any atom is -0.493 e. The highest BCUT2D eigenvalue weighted by Gasteiger charge is 2.13. The predicted octanol–water partition coefficient (Wildman–Crippen LogP) is 5.47. The van der Waals surface area contributed by atoms with E-state index in [2.05, 4.69) is 12.2 Å². The van der Waals surface area contributed by atoms with Crippen LogP contribution in [0.15, 0.2) is 30.3 Å². The van der Waals surface area contributed by atoms with E-state index in [1.165, 1.54) is 14.0 Å². The largest absolute Gasteiger partial charge is 0.493 e. The zero-order chi connectivity index (χ0) is 21.4. The Morgan fingerprint density at radius 3 is 2.45 bits per heavy atom. The molecular formula is C23H28ClNO4. The lowest BCUT2D eigenvalue weighted by atomic mass is 10.0. The van der Waals surface area contributed by atoms with Gasteiger partial charge in [0.2, 0.25) is 5.91 Å². The van der Waals surface area contributed by atoms with E-state index in [0.29, 0.717) is 41.5 Å². The maximum absolute atomic E-state index is 12.4. The third-order valence-electron chi connectivity index (χ3n) is 4.72. The van der Waals surface area contributed by atoms with E-state index < -0.39 is 0 Å². The van der Waals surface area contributed by atoms with Crippen LogP contribution in [0.2, 0.25) is 5.02 Å². The van der Waals surface area contributed by atoms with E-state index in [-0.39, 0.29) is 11.7 Å². The van der Waals surface area contributed by atoms with Gasteiger partial charge in [-0.1, -0.05) is 31.5 Å². The van der Waals surface area contributed by atoms with E-state index >= 15 is 0 Å². The van der Waals surface area contributed by atoms with Gasteiger partial charge in [0.05, 0.1) is 13.7 Å². The number of halogens is 1. The summed E-state index contributed by atoms with van der Waals surface area (Å²) in [5, 5.41) is 3.69. The maximum Gasteiger partial charge on any atom is 0.224 e. The van der Waals surface area contributed by atoms with Gasteiger partial charge in [0, 0.05) is 22.7 Å². The standard InChI is InChI=1S/C23H28ClNO4/c1-5-16-9-11-19(24)18(6-2)23(16)25-22(27)8-7-13-29-20-12-10-17(15(3)26)14-21(20)28-4/h9-12,14H,5-8,13H2,1-4H3,(H,25,27). The zero-order valence-corrected chi connectivity index (χ0v) is 18.2. The molecule has 0 spiro atoms. The maximum atomic E-state index is 12.4. The number of Topliss-reactive ketones (excluding diaryl/α,β-unsaturated/α-hetero) is 1. The molecule has 0 aliphatic rings. The number of rotatable bonds is 10. The molecular weight excluding hydrogens is 390 g/mol. The Morgan fingerprint density at radius 2 is 1.83 bits per heavy atom. The molecule has 2 aromatic rings. The van der Waals surface area contributed by atoms with Crippen molar-refractivity contribution in [3.05, 3.63) is 52.0 Å². The average molecular weight is 418 g/mol. The molecule has 0 heterocycles. The number of hydrogen-bond acceptors (Lipinski definition) is 4. The lowest BCUT2D eigenvalue weighted by Crippen LogP contribution is -2.15. The molecule has 0 radical (unpaired) electrons. The van der Waals surface area contributed by atoms with Gasteiger partial charge >= 0.3 is 0 Å². The third kappa shape index (κ3) is 5.97. The average Bonchev–Trinajstić information content (AvgIpc) is 2.71. The Labute approximate surface area is 177 Å². The highest BCUT2D eigenvalue weighted by molar-refractivity contribution is 6.32. The van der Waals surface area contributed by atoms with Crippen molar-refractivity contribution in [1.29, 1.82) is 0 Å². The van der Waals surface area contributed by atoms with E-state index in [0.717, 1.165) is 29.7 Å². The zero-order valence-electron chi connectivity index (χ0n) is 17.4. The van der Waals surface area contributed by atoms with Gasteiger partial charge in [-0.2, -0.15) is 0 Å². The molecule has 5 nitrogen and oxygen atoms in total. The number of nitrogens with one attached hydrogen (secondary N) is 1. The molecule has 6 heteroatoms. The number of amides is 1. The quantitative estimate of drug-likeness (QED) is 0.411. The fourth-order valence-corrected chi connectivity index (χ4v) is 3.38. The molecule has 0 saturated heterocycles. The van der Waals surface area contributed by atoms with E-state index in [1.807, 2.05) is 19.1 Å². The van der Waals surface area contributed by atoms with Crippen molar-refractivity contribution in [3.8, 4) is 11.5 Å². The van der Waals surface area contributed by atoms with Gasteiger partial charge < -0.3 is 14.8 Å². The summed E-state index contributed by atoms with van der Waals surface area (Å²) in [6, 6.07) is 8.90. The minimum atomic E-state index is -0.0702. The lowest BCUT2D eigenvalue weighted by Gasteiger charge is -2.16. The van der Waals surface area contributed by atoms with Crippen LogP contribution in [0.4, 0.5) is 5.69 Å². The summed E-state index contributed by atoms with van der Waals surface area (Å²) in [5.41, 5.74) is 3.43. The second kappa shape index (κ2) is 10.9. The third-order valence-corrected chi connectivity index (χ3v) is 5.07. The molecule has 29 heavy (non-hydrogen) atoms. The Balaban J connectivity index is 1.93. The lowest BCUT2D eigenvalue weighted by molar-refractivity contribution is -0.116. The molecule has 0 aliphatic heterocycles. The summed E-state index contributed by atoms with van der Waals surface area (Å²) in [7, 11) is 1.53. The number of carbonyl (C=O) groups is 2. The van der Waals surface area contributed by atoms with Gasteiger partial charge in [-0.05, 0) is 61.6 Å². The van der Waals surface area contributed by atoms with Crippen molar-refractivity contribution in [3.63, 3.8) is 0 Å². The minimum absolute atomic E-state index is 0.0366. The van der Waals surface area contributed by atoms with Gasteiger partial charge in [0.15, 0.2) is 17.3 Å². The normalized spacial score (nSPS) is 10.5. The van der Waals surface area contributed by atoms with Crippen LogP contribution in [0.1, 0.15) is 55.1 Å². The molecule has 156 valence electrons. The predicted molar refractivity (Wildman–Crippen MR) is 117 cm³/mol. The number of hydrogen-bond donors (Lipinski definition) is 1. The summed E-state index contributed by atoms with van der Waals surface area (Å²) in [4.78, 5) is 23.9. The van der Waals surface area contributed by atoms with Crippen LogP contribution in [0.5, 0.6) is 11.5 Å².